The SMILES string of the molecule is O=C(c1cccc(O)c1)N1CCCCO1. The van der Waals surface area contributed by atoms with Gasteiger partial charge in [-0.2, -0.15) is 0 Å². The van der Waals surface area contributed by atoms with Crippen molar-refractivity contribution in [2.24, 2.45) is 0 Å². The van der Waals surface area contributed by atoms with Crippen molar-refractivity contribution in [1.82, 2.24) is 5.06 Å². The number of hydrogen-bond donors (Lipinski definition) is 1. The predicted octanol–water partition coefficient (Wildman–Crippen LogP) is 1.56. The molecular weight excluding hydrogens is 194 g/mol. The summed E-state index contributed by atoms with van der Waals surface area (Å²) in [7, 11) is 0. The lowest BCUT2D eigenvalue weighted by atomic mass is 10.2. The van der Waals surface area contributed by atoms with Crippen LogP contribution in [-0.2, 0) is 4.84 Å². The molecule has 0 atom stereocenters. The molecule has 0 aliphatic carbocycles. The van der Waals surface area contributed by atoms with Crippen LogP contribution in [0.2, 0.25) is 0 Å². The summed E-state index contributed by atoms with van der Waals surface area (Å²) in [6.07, 6.45) is 1.95. The molecule has 1 aliphatic rings. The molecule has 1 N–H and O–H groups in total. The molecule has 0 unspecified atom stereocenters. The first-order valence-corrected chi connectivity index (χ1v) is 5.01. The van der Waals surface area contributed by atoms with E-state index in [1.165, 1.54) is 17.2 Å². The number of nitrogens with zero attached hydrogens (tertiary/aromatic N) is 1. The number of phenolic OH excluding ortho intramolecular Hbond substituents is 1. The van der Waals surface area contributed by atoms with Crippen molar-refractivity contribution in [3.05, 3.63) is 29.8 Å². The van der Waals surface area contributed by atoms with Gasteiger partial charge in [0.25, 0.3) is 5.91 Å². The number of phenols is 1. The summed E-state index contributed by atoms with van der Waals surface area (Å²) in [6, 6.07) is 6.29. The van der Waals surface area contributed by atoms with Gasteiger partial charge in [-0.3, -0.25) is 9.63 Å². The summed E-state index contributed by atoms with van der Waals surface area (Å²) >= 11 is 0. The molecule has 4 nitrogen and oxygen atoms in total. The number of amides is 1. The molecule has 1 aliphatic heterocycles. The highest BCUT2D eigenvalue weighted by Crippen LogP contribution is 2.15. The van der Waals surface area contributed by atoms with Gasteiger partial charge >= 0.3 is 0 Å². The molecule has 80 valence electrons. The highest BCUT2D eigenvalue weighted by Gasteiger charge is 2.19. The molecule has 1 fully saturated rings. The van der Waals surface area contributed by atoms with Crippen LogP contribution in [0, 0.1) is 0 Å². The summed E-state index contributed by atoms with van der Waals surface area (Å²) < 4.78 is 0. The molecule has 2 rings (SSSR count). The van der Waals surface area contributed by atoms with E-state index < -0.39 is 0 Å². The van der Waals surface area contributed by atoms with E-state index in [2.05, 4.69) is 0 Å². The van der Waals surface area contributed by atoms with Crippen molar-refractivity contribution in [2.45, 2.75) is 12.8 Å². The van der Waals surface area contributed by atoms with Gasteiger partial charge < -0.3 is 5.11 Å². The highest BCUT2D eigenvalue weighted by molar-refractivity contribution is 5.93. The normalized spacial score (nSPS) is 16.4. The summed E-state index contributed by atoms with van der Waals surface area (Å²) in [5.74, 6) is -0.0940. The Morgan fingerprint density at radius 1 is 1.40 bits per heavy atom. The zero-order valence-corrected chi connectivity index (χ0v) is 8.35. The fourth-order valence-electron chi connectivity index (χ4n) is 1.54. The van der Waals surface area contributed by atoms with Crippen LogP contribution in [0.5, 0.6) is 5.75 Å². The number of hydroxylamine groups is 2. The largest absolute Gasteiger partial charge is 0.508 e. The molecular formula is C11H13NO3. The molecule has 0 spiro atoms. The second kappa shape index (κ2) is 4.31. The van der Waals surface area contributed by atoms with Crippen LogP contribution in [-0.4, -0.2) is 29.2 Å². The molecule has 0 saturated carbocycles. The van der Waals surface area contributed by atoms with E-state index in [0.29, 0.717) is 18.7 Å². The summed E-state index contributed by atoms with van der Waals surface area (Å²) in [5, 5.41) is 10.6. The molecule has 0 aromatic heterocycles. The number of aromatic hydroxyl groups is 1. The third kappa shape index (κ3) is 2.27. The molecule has 1 heterocycles. The van der Waals surface area contributed by atoms with Gasteiger partial charge in [0.05, 0.1) is 6.61 Å². The van der Waals surface area contributed by atoms with Gasteiger partial charge in [-0.25, -0.2) is 5.06 Å². The van der Waals surface area contributed by atoms with Crippen molar-refractivity contribution in [3.8, 4) is 5.75 Å². The zero-order chi connectivity index (χ0) is 10.7. The number of carbonyl (C=O) groups excluding carboxylic acids is 1. The number of hydrogen-bond acceptors (Lipinski definition) is 3. The Kier molecular flexibility index (Phi) is 2.87. The monoisotopic (exact) mass is 207 g/mol. The number of carbonyl (C=O) groups is 1. The molecule has 0 bridgehead atoms. The van der Waals surface area contributed by atoms with Crippen LogP contribution in [0.3, 0.4) is 0 Å². The average molecular weight is 207 g/mol. The second-order valence-corrected chi connectivity index (χ2v) is 3.50. The quantitative estimate of drug-likeness (QED) is 0.760. The molecule has 0 radical (unpaired) electrons. The van der Waals surface area contributed by atoms with Crippen LogP contribution in [0.4, 0.5) is 0 Å². The fourth-order valence-corrected chi connectivity index (χ4v) is 1.54. The summed E-state index contributed by atoms with van der Waals surface area (Å²) in [6.45, 7) is 1.21. The number of rotatable bonds is 1. The van der Waals surface area contributed by atoms with E-state index in [1.54, 1.807) is 12.1 Å². The maximum absolute atomic E-state index is 11.8. The lowest BCUT2D eigenvalue weighted by Crippen LogP contribution is -2.35. The highest BCUT2D eigenvalue weighted by atomic mass is 16.7. The molecule has 1 aromatic carbocycles. The Bertz CT molecular complexity index is 359. The zero-order valence-electron chi connectivity index (χ0n) is 8.35. The Balaban J connectivity index is 2.12. The Labute approximate surface area is 88.0 Å². The van der Waals surface area contributed by atoms with Crippen molar-refractivity contribution >= 4 is 5.91 Å². The Hall–Kier alpha value is -1.55. The first-order chi connectivity index (χ1) is 7.27. The number of benzene rings is 1. The molecule has 4 heteroatoms. The standard InChI is InChI=1S/C11H13NO3/c13-10-5-3-4-9(8-10)11(14)12-6-1-2-7-15-12/h3-5,8,13H,1-2,6-7H2. The molecule has 15 heavy (non-hydrogen) atoms. The topological polar surface area (TPSA) is 49.8 Å². The van der Waals surface area contributed by atoms with Gasteiger partial charge in [-0.15, -0.1) is 0 Å². The third-order valence-electron chi connectivity index (χ3n) is 2.32. The minimum Gasteiger partial charge on any atom is -0.508 e. The van der Waals surface area contributed by atoms with Crippen LogP contribution in [0.25, 0.3) is 0 Å². The smallest absolute Gasteiger partial charge is 0.277 e. The van der Waals surface area contributed by atoms with Crippen molar-refractivity contribution < 1.29 is 14.7 Å². The minimum absolute atomic E-state index is 0.0952. The predicted molar refractivity (Wildman–Crippen MR) is 54.3 cm³/mol. The maximum atomic E-state index is 11.8. The Morgan fingerprint density at radius 3 is 2.93 bits per heavy atom. The summed E-state index contributed by atoms with van der Waals surface area (Å²) in [4.78, 5) is 17.1. The third-order valence-corrected chi connectivity index (χ3v) is 2.32. The molecule has 1 amide bonds. The van der Waals surface area contributed by atoms with Crippen LogP contribution in [0.1, 0.15) is 23.2 Å². The van der Waals surface area contributed by atoms with Gasteiger partial charge in [-0.05, 0) is 31.0 Å². The van der Waals surface area contributed by atoms with Gasteiger partial charge in [0, 0.05) is 12.1 Å². The van der Waals surface area contributed by atoms with E-state index in [0.717, 1.165) is 12.8 Å². The second-order valence-electron chi connectivity index (χ2n) is 3.50. The van der Waals surface area contributed by atoms with E-state index in [9.17, 15) is 9.90 Å². The molecule has 1 aromatic rings. The van der Waals surface area contributed by atoms with Gasteiger partial charge in [-0.1, -0.05) is 6.07 Å². The first-order valence-electron chi connectivity index (χ1n) is 5.01. The molecule has 1 saturated heterocycles. The Morgan fingerprint density at radius 2 is 2.27 bits per heavy atom. The first kappa shape index (κ1) is 9.98. The fraction of sp³-hybridized carbons (Fsp3) is 0.364. The van der Waals surface area contributed by atoms with E-state index in [-0.39, 0.29) is 11.7 Å². The lowest BCUT2D eigenvalue weighted by Gasteiger charge is -2.25. The van der Waals surface area contributed by atoms with Crippen LogP contribution in [0.15, 0.2) is 24.3 Å². The maximum Gasteiger partial charge on any atom is 0.277 e. The van der Waals surface area contributed by atoms with E-state index in [1.807, 2.05) is 0 Å². The van der Waals surface area contributed by atoms with Gasteiger partial charge in [0.2, 0.25) is 0 Å². The van der Waals surface area contributed by atoms with Crippen molar-refractivity contribution in [2.75, 3.05) is 13.2 Å². The van der Waals surface area contributed by atoms with Crippen molar-refractivity contribution in [3.63, 3.8) is 0 Å². The lowest BCUT2D eigenvalue weighted by molar-refractivity contribution is -0.144. The van der Waals surface area contributed by atoms with E-state index >= 15 is 0 Å². The van der Waals surface area contributed by atoms with Crippen LogP contribution < -0.4 is 0 Å². The van der Waals surface area contributed by atoms with Crippen molar-refractivity contribution in [1.29, 1.82) is 0 Å². The summed E-state index contributed by atoms with van der Waals surface area (Å²) in [5.41, 5.74) is 0.455. The average Bonchev–Trinajstić information content (AvgIpc) is 2.29. The van der Waals surface area contributed by atoms with E-state index in [4.69, 9.17) is 4.84 Å². The van der Waals surface area contributed by atoms with Crippen LogP contribution >= 0.6 is 0 Å². The van der Waals surface area contributed by atoms with Gasteiger partial charge in [0.1, 0.15) is 5.75 Å². The minimum atomic E-state index is -0.189. The van der Waals surface area contributed by atoms with Gasteiger partial charge in [0.15, 0.2) is 0 Å².